The number of nitrogens with one attached hydrogen (secondary N) is 1. The Labute approximate surface area is 199 Å². The number of carbonyl (C=O) groups excluding carboxylic acids is 1. The highest BCUT2D eigenvalue weighted by Gasteiger charge is 2.31. The number of benzene rings is 2. The van der Waals surface area contributed by atoms with E-state index in [1.165, 1.54) is 18.2 Å². The van der Waals surface area contributed by atoms with E-state index in [0.717, 1.165) is 23.3 Å². The van der Waals surface area contributed by atoms with Crippen LogP contribution in [0.3, 0.4) is 0 Å². The Morgan fingerprint density at radius 3 is 2.56 bits per heavy atom. The van der Waals surface area contributed by atoms with Crippen LogP contribution in [0.4, 0.5) is 24.5 Å². The molecule has 1 amide bonds. The molecule has 0 bridgehead atoms. The van der Waals surface area contributed by atoms with Crippen LogP contribution in [-0.4, -0.2) is 32.2 Å². The molecule has 0 aliphatic carbocycles. The second-order valence-corrected chi connectivity index (χ2v) is 8.22. The number of morpholine rings is 1. The summed E-state index contributed by atoms with van der Waals surface area (Å²) in [7, 11) is 0. The number of aryl methyl sites for hydroxylation is 1. The van der Waals surface area contributed by atoms with Crippen molar-refractivity contribution in [3.63, 3.8) is 0 Å². The number of hydrogen-bond acceptors (Lipinski definition) is 4. The Bertz CT molecular complexity index is 1210. The van der Waals surface area contributed by atoms with Gasteiger partial charge in [-0.2, -0.15) is 13.2 Å². The van der Waals surface area contributed by atoms with E-state index in [2.05, 4.69) is 5.32 Å². The second-order valence-electron chi connectivity index (χ2n) is 7.82. The highest BCUT2D eigenvalue weighted by atomic mass is 35.5. The first-order valence-electron chi connectivity index (χ1n) is 10.6. The SMILES string of the molecule is Cc1ccc(-c2ccc(C=CC(=O)Nc3cc(C(F)(F)F)ccc3N3CCOCC3)o2)cc1Cl. The summed E-state index contributed by atoms with van der Waals surface area (Å²) in [5.74, 6) is 0.416. The van der Waals surface area contributed by atoms with Crippen LogP contribution in [0.25, 0.3) is 17.4 Å². The van der Waals surface area contributed by atoms with E-state index >= 15 is 0 Å². The predicted octanol–water partition coefficient (Wildman–Crippen LogP) is 6.42. The van der Waals surface area contributed by atoms with Gasteiger partial charge in [0.15, 0.2) is 0 Å². The number of furan rings is 1. The number of alkyl halides is 3. The molecule has 1 N–H and O–H groups in total. The van der Waals surface area contributed by atoms with Crippen molar-refractivity contribution in [2.24, 2.45) is 0 Å². The Hall–Kier alpha value is -3.23. The molecule has 1 aromatic heterocycles. The van der Waals surface area contributed by atoms with Crippen molar-refractivity contribution < 1.29 is 27.1 Å². The Kier molecular flexibility index (Phi) is 7.00. The van der Waals surface area contributed by atoms with E-state index in [-0.39, 0.29) is 5.69 Å². The third-order valence-corrected chi connectivity index (χ3v) is 5.82. The molecule has 2 heterocycles. The van der Waals surface area contributed by atoms with Crippen LogP contribution in [0.1, 0.15) is 16.9 Å². The number of anilines is 2. The van der Waals surface area contributed by atoms with Gasteiger partial charge in [-0.25, -0.2) is 0 Å². The van der Waals surface area contributed by atoms with E-state index in [1.54, 1.807) is 18.2 Å². The third-order valence-electron chi connectivity index (χ3n) is 5.42. The van der Waals surface area contributed by atoms with Crippen molar-refractivity contribution >= 4 is 35.0 Å². The first-order valence-corrected chi connectivity index (χ1v) is 11.0. The molecule has 4 rings (SSSR count). The zero-order chi connectivity index (χ0) is 24.3. The number of rotatable bonds is 5. The fraction of sp³-hybridized carbons (Fsp3) is 0.240. The van der Waals surface area contributed by atoms with Crippen molar-refractivity contribution in [1.82, 2.24) is 0 Å². The lowest BCUT2D eigenvalue weighted by Gasteiger charge is -2.30. The molecule has 3 aromatic rings. The molecule has 1 saturated heterocycles. The molecule has 0 atom stereocenters. The largest absolute Gasteiger partial charge is 0.457 e. The third kappa shape index (κ3) is 5.63. The minimum atomic E-state index is -4.53. The van der Waals surface area contributed by atoms with Gasteiger partial charge >= 0.3 is 6.18 Å². The van der Waals surface area contributed by atoms with E-state index in [1.807, 2.05) is 24.0 Å². The van der Waals surface area contributed by atoms with E-state index < -0.39 is 17.6 Å². The fourth-order valence-corrected chi connectivity index (χ4v) is 3.75. The summed E-state index contributed by atoms with van der Waals surface area (Å²) < 4.78 is 50.8. The summed E-state index contributed by atoms with van der Waals surface area (Å²) in [6.45, 7) is 3.85. The topological polar surface area (TPSA) is 54.7 Å². The van der Waals surface area contributed by atoms with Gasteiger partial charge in [-0.05, 0) is 55.0 Å². The molecule has 0 radical (unpaired) electrons. The number of amides is 1. The summed E-state index contributed by atoms with van der Waals surface area (Å²) in [6.07, 6.45) is -1.85. The zero-order valence-electron chi connectivity index (χ0n) is 18.3. The van der Waals surface area contributed by atoms with Gasteiger partial charge in [-0.3, -0.25) is 4.79 Å². The van der Waals surface area contributed by atoms with Crippen molar-refractivity contribution in [1.29, 1.82) is 0 Å². The quantitative estimate of drug-likeness (QED) is 0.419. The first-order chi connectivity index (χ1) is 16.2. The van der Waals surface area contributed by atoms with Crippen LogP contribution in [0.2, 0.25) is 5.02 Å². The maximum Gasteiger partial charge on any atom is 0.416 e. The number of nitrogens with zero attached hydrogens (tertiary/aromatic N) is 1. The summed E-state index contributed by atoms with van der Waals surface area (Å²) in [5.41, 5.74) is 1.49. The predicted molar refractivity (Wildman–Crippen MR) is 126 cm³/mol. The maximum atomic E-state index is 13.3. The summed E-state index contributed by atoms with van der Waals surface area (Å²) in [6, 6.07) is 12.3. The van der Waals surface area contributed by atoms with Crippen molar-refractivity contribution in [2.45, 2.75) is 13.1 Å². The molecule has 34 heavy (non-hydrogen) atoms. The molecule has 0 unspecified atom stereocenters. The summed E-state index contributed by atoms with van der Waals surface area (Å²) in [5, 5.41) is 3.19. The smallest absolute Gasteiger partial charge is 0.416 e. The second kappa shape index (κ2) is 9.95. The average Bonchev–Trinajstić information content (AvgIpc) is 3.29. The number of halogens is 4. The fourth-order valence-electron chi connectivity index (χ4n) is 3.57. The van der Waals surface area contributed by atoms with Gasteiger partial charge in [0, 0.05) is 29.8 Å². The lowest BCUT2D eigenvalue weighted by atomic mass is 10.1. The van der Waals surface area contributed by atoms with Crippen LogP contribution in [0, 0.1) is 6.92 Å². The molecule has 0 spiro atoms. The molecule has 5 nitrogen and oxygen atoms in total. The van der Waals surface area contributed by atoms with Crippen LogP contribution >= 0.6 is 11.6 Å². The maximum absolute atomic E-state index is 13.3. The van der Waals surface area contributed by atoms with Crippen molar-refractivity contribution in [3.8, 4) is 11.3 Å². The molecule has 178 valence electrons. The lowest BCUT2D eigenvalue weighted by molar-refractivity contribution is -0.137. The van der Waals surface area contributed by atoms with Gasteiger partial charge in [-0.1, -0.05) is 23.7 Å². The number of carbonyl (C=O) groups is 1. The van der Waals surface area contributed by atoms with Crippen LogP contribution in [-0.2, 0) is 15.7 Å². The highest BCUT2D eigenvalue weighted by Crippen LogP contribution is 2.36. The van der Waals surface area contributed by atoms with Gasteiger partial charge in [0.2, 0.25) is 5.91 Å². The van der Waals surface area contributed by atoms with Crippen molar-refractivity contribution in [3.05, 3.63) is 76.5 Å². The standard InChI is InChI=1S/C25H22ClF3N2O3/c1-16-2-3-17(14-20(16)26)23-8-5-19(34-23)6-9-24(32)30-21-15-18(25(27,28)29)4-7-22(21)31-10-12-33-13-11-31/h2-9,14-15H,10-13H2,1H3,(H,30,32). The molecule has 1 aliphatic heterocycles. The lowest BCUT2D eigenvalue weighted by Crippen LogP contribution is -2.36. The van der Waals surface area contributed by atoms with Gasteiger partial charge in [0.25, 0.3) is 0 Å². The Morgan fingerprint density at radius 1 is 1.09 bits per heavy atom. The van der Waals surface area contributed by atoms with Crippen molar-refractivity contribution in [2.75, 3.05) is 36.5 Å². The molecule has 1 fully saturated rings. The van der Waals surface area contributed by atoms with Gasteiger partial charge in [-0.15, -0.1) is 0 Å². The zero-order valence-corrected chi connectivity index (χ0v) is 19.0. The molecule has 9 heteroatoms. The van der Waals surface area contributed by atoms with E-state index in [4.69, 9.17) is 20.8 Å². The molecule has 0 saturated carbocycles. The van der Waals surface area contributed by atoms with Gasteiger partial charge < -0.3 is 19.4 Å². The van der Waals surface area contributed by atoms with Crippen LogP contribution in [0.5, 0.6) is 0 Å². The Morgan fingerprint density at radius 2 is 1.85 bits per heavy atom. The first kappa shape index (κ1) is 23.9. The molecular weight excluding hydrogens is 469 g/mol. The highest BCUT2D eigenvalue weighted by molar-refractivity contribution is 6.31. The molecular formula is C25H22ClF3N2O3. The van der Waals surface area contributed by atoms with Crippen LogP contribution in [0.15, 0.2) is 59.0 Å². The number of hydrogen-bond donors (Lipinski definition) is 1. The monoisotopic (exact) mass is 490 g/mol. The molecule has 1 aliphatic rings. The summed E-state index contributed by atoms with van der Waals surface area (Å²) >= 11 is 6.17. The molecule has 2 aromatic carbocycles. The van der Waals surface area contributed by atoms with Gasteiger partial charge in [0.1, 0.15) is 11.5 Å². The summed E-state index contributed by atoms with van der Waals surface area (Å²) in [4.78, 5) is 14.4. The van der Waals surface area contributed by atoms with Gasteiger partial charge in [0.05, 0.1) is 30.2 Å². The minimum absolute atomic E-state index is 0.0841. The Balaban J connectivity index is 1.52. The minimum Gasteiger partial charge on any atom is -0.457 e. The van der Waals surface area contributed by atoms with E-state index in [9.17, 15) is 18.0 Å². The van der Waals surface area contributed by atoms with E-state index in [0.29, 0.717) is 48.5 Å². The average molecular weight is 491 g/mol. The van der Waals surface area contributed by atoms with Crippen LogP contribution < -0.4 is 10.2 Å². The number of ether oxygens (including phenoxy) is 1. The normalized spacial score (nSPS) is 14.6.